The summed E-state index contributed by atoms with van der Waals surface area (Å²) >= 11 is 12.4. The van der Waals surface area contributed by atoms with E-state index in [9.17, 15) is 22.4 Å². The molecular formula is C27H28Cl2FN3O4S. The molecule has 38 heavy (non-hydrogen) atoms. The van der Waals surface area contributed by atoms with Crippen LogP contribution in [0, 0.1) is 5.82 Å². The molecule has 0 heterocycles. The summed E-state index contributed by atoms with van der Waals surface area (Å²) in [6.07, 6.45) is 0.686. The highest BCUT2D eigenvalue weighted by molar-refractivity contribution is 7.92. The molecular weight excluding hydrogens is 552 g/mol. The van der Waals surface area contributed by atoms with Gasteiger partial charge in [0.25, 0.3) is 10.0 Å². The van der Waals surface area contributed by atoms with Crippen LogP contribution in [0.1, 0.15) is 25.8 Å². The van der Waals surface area contributed by atoms with E-state index in [1.807, 2.05) is 6.92 Å². The van der Waals surface area contributed by atoms with Gasteiger partial charge in [-0.2, -0.15) is 0 Å². The fourth-order valence-electron chi connectivity index (χ4n) is 3.70. The number of nitrogens with zero attached hydrogens (tertiary/aromatic N) is 2. The fourth-order valence-corrected chi connectivity index (χ4v) is 5.61. The van der Waals surface area contributed by atoms with Crippen molar-refractivity contribution in [2.75, 3.05) is 17.4 Å². The maximum absolute atomic E-state index is 14.9. The van der Waals surface area contributed by atoms with E-state index in [0.717, 1.165) is 6.07 Å². The van der Waals surface area contributed by atoms with Crippen molar-refractivity contribution in [2.45, 2.75) is 37.8 Å². The molecule has 1 N–H and O–H groups in total. The van der Waals surface area contributed by atoms with Crippen molar-refractivity contribution in [1.82, 2.24) is 10.2 Å². The highest BCUT2D eigenvalue weighted by Crippen LogP contribution is 2.28. The first kappa shape index (κ1) is 29.4. The molecule has 0 spiro atoms. The van der Waals surface area contributed by atoms with Gasteiger partial charge >= 0.3 is 0 Å². The van der Waals surface area contributed by atoms with E-state index in [1.165, 1.54) is 60.4 Å². The molecule has 0 aliphatic carbocycles. The number of hydrogen-bond donors (Lipinski definition) is 1. The first-order chi connectivity index (χ1) is 18.1. The lowest BCUT2D eigenvalue weighted by Gasteiger charge is -2.32. The van der Waals surface area contributed by atoms with E-state index in [1.54, 1.807) is 18.2 Å². The van der Waals surface area contributed by atoms with Crippen LogP contribution in [0.2, 0.25) is 10.0 Å². The first-order valence-electron chi connectivity index (χ1n) is 11.9. The summed E-state index contributed by atoms with van der Waals surface area (Å²) in [5, 5.41) is 3.42. The van der Waals surface area contributed by atoms with Crippen LogP contribution < -0.4 is 9.62 Å². The number of benzene rings is 3. The maximum Gasteiger partial charge on any atom is 0.264 e. The van der Waals surface area contributed by atoms with Crippen LogP contribution >= 0.6 is 23.2 Å². The normalized spacial score (nSPS) is 12.0. The zero-order valence-corrected chi connectivity index (χ0v) is 23.2. The zero-order valence-electron chi connectivity index (χ0n) is 20.9. The Morgan fingerprint density at radius 1 is 1.00 bits per heavy atom. The number of amides is 2. The van der Waals surface area contributed by atoms with Gasteiger partial charge in [-0.25, -0.2) is 12.8 Å². The molecule has 0 bridgehead atoms. The van der Waals surface area contributed by atoms with E-state index < -0.39 is 40.2 Å². The third-order valence-corrected chi connectivity index (χ3v) is 8.16. The molecule has 0 radical (unpaired) electrons. The lowest BCUT2D eigenvalue weighted by molar-refractivity contribution is -0.139. The van der Waals surface area contributed by atoms with Crippen molar-refractivity contribution in [2.24, 2.45) is 0 Å². The van der Waals surface area contributed by atoms with Crippen LogP contribution in [0.15, 0.2) is 77.7 Å². The summed E-state index contributed by atoms with van der Waals surface area (Å²) in [5.74, 6) is -1.97. The minimum absolute atomic E-state index is 0.105. The van der Waals surface area contributed by atoms with E-state index in [-0.39, 0.29) is 22.2 Å². The Morgan fingerprint density at radius 3 is 2.29 bits per heavy atom. The van der Waals surface area contributed by atoms with Gasteiger partial charge in [0.1, 0.15) is 18.4 Å². The molecule has 0 aliphatic heterocycles. The van der Waals surface area contributed by atoms with E-state index >= 15 is 0 Å². The van der Waals surface area contributed by atoms with Gasteiger partial charge in [0, 0.05) is 23.1 Å². The van der Waals surface area contributed by atoms with Crippen molar-refractivity contribution in [3.05, 3.63) is 94.2 Å². The number of nitrogens with one attached hydrogen (secondary N) is 1. The Balaban J connectivity index is 2.04. The average molecular weight is 581 g/mol. The Kier molecular flexibility index (Phi) is 10.1. The third-order valence-electron chi connectivity index (χ3n) is 5.80. The van der Waals surface area contributed by atoms with Crippen molar-refractivity contribution >= 4 is 50.7 Å². The number of carbonyl (C=O) groups excluding carboxylic acids is 2. The number of halogens is 3. The van der Waals surface area contributed by atoms with Crippen molar-refractivity contribution in [3.63, 3.8) is 0 Å². The zero-order chi connectivity index (χ0) is 27.9. The Bertz CT molecular complexity index is 1390. The molecule has 11 heteroatoms. The fraction of sp³-hybridized carbons (Fsp3) is 0.259. The van der Waals surface area contributed by atoms with Crippen LogP contribution in [0.3, 0.4) is 0 Å². The largest absolute Gasteiger partial charge is 0.354 e. The van der Waals surface area contributed by atoms with Gasteiger partial charge in [0.15, 0.2) is 0 Å². The minimum atomic E-state index is -4.35. The van der Waals surface area contributed by atoms with E-state index in [2.05, 4.69) is 5.32 Å². The molecule has 0 unspecified atom stereocenters. The second-order valence-electron chi connectivity index (χ2n) is 8.50. The van der Waals surface area contributed by atoms with Crippen LogP contribution in [0.5, 0.6) is 0 Å². The summed E-state index contributed by atoms with van der Waals surface area (Å²) in [4.78, 5) is 27.7. The summed E-state index contributed by atoms with van der Waals surface area (Å²) < 4.78 is 42.8. The van der Waals surface area contributed by atoms with Gasteiger partial charge in [0.2, 0.25) is 11.8 Å². The minimum Gasteiger partial charge on any atom is -0.354 e. The monoisotopic (exact) mass is 579 g/mol. The molecule has 0 fully saturated rings. The van der Waals surface area contributed by atoms with Gasteiger partial charge < -0.3 is 10.2 Å². The van der Waals surface area contributed by atoms with Crippen molar-refractivity contribution < 1.29 is 22.4 Å². The lowest BCUT2D eigenvalue weighted by atomic mass is 10.1. The summed E-state index contributed by atoms with van der Waals surface area (Å²) in [5.41, 5.74) is 0.209. The molecule has 1 atom stereocenters. The lowest BCUT2D eigenvalue weighted by Crippen LogP contribution is -2.51. The van der Waals surface area contributed by atoms with Gasteiger partial charge in [-0.15, -0.1) is 0 Å². The van der Waals surface area contributed by atoms with Crippen LogP contribution in [0.25, 0.3) is 0 Å². The smallest absolute Gasteiger partial charge is 0.264 e. The number of anilines is 1. The summed E-state index contributed by atoms with van der Waals surface area (Å²) in [6.45, 7) is 2.96. The predicted octanol–water partition coefficient (Wildman–Crippen LogP) is 5.27. The highest BCUT2D eigenvalue weighted by atomic mass is 35.5. The molecule has 2 amide bonds. The molecule has 3 aromatic carbocycles. The molecule has 202 valence electrons. The van der Waals surface area contributed by atoms with E-state index in [0.29, 0.717) is 27.9 Å². The molecule has 3 aromatic rings. The Morgan fingerprint density at radius 2 is 1.66 bits per heavy atom. The van der Waals surface area contributed by atoms with Crippen LogP contribution in [-0.4, -0.2) is 44.3 Å². The number of para-hydroxylation sites is 1. The van der Waals surface area contributed by atoms with Crippen LogP contribution in [0.4, 0.5) is 10.1 Å². The Hall–Kier alpha value is -3.14. The Labute approximate surface area is 232 Å². The summed E-state index contributed by atoms with van der Waals surface area (Å²) in [7, 11) is -4.35. The summed E-state index contributed by atoms with van der Waals surface area (Å²) in [6, 6.07) is 16.5. The number of hydrogen-bond acceptors (Lipinski definition) is 4. The second kappa shape index (κ2) is 13.1. The van der Waals surface area contributed by atoms with Gasteiger partial charge in [0.05, 0.1) is 10.6 Å². The van der Waals surface area contributed by atoms with Gasteiger partial charge in [-0.05, 0) is 55.3 Å². The molecule has 0 saturated heterocycles. The molecule has 0 aromatic heterocycles. The van der Waals surface area contributed by atoms with E-state index in [4.69, 9.17) is 23.2 Å². The molecule has 3 rings (SSSR count). The highest BCUT2D eigenvalue weighted by Gasteiger charge is 2.33. The number of rotatable bonds is 11. The maximum atomic E-state index is 14.9. The van der Waals surface area contributed by atoms with Crippen LogP contribution in [-0.2, 0) is 26.2 Å². The topological polar surface area (TPSA) is 86.8 Å². The van der Waals surface area contributed by atoms with Gasteiger partial charge in [-0.3, -0.25) is 13.9 Å². The quantitative estimate of drug-likeness (QED) is 0.335. The van der Waals surface area contributed by atoms with Crippen molar-refractivity contribution in [3.8, 4) is 0 Å². The SMILES string of the molecule is CCCNC(=O)[C@@H](C)N(Cc1ccc(Cl)cc1Cl)C(=O)CN(c1ccccc1F)S(=O)(=O)c1ccccc1. The number of carbonyl (C=O) groups is 2. The standard InChI is InChI=1S/C27H28Cl2FN3O4S/c1-3-15-31-27(35)19(2)32(17-20-13-14-21(28)16-23(20)29)26(34)18-33(25-12-8-7-11-24(25)30)38(36,37)22-9-5-4-6-10-22/h4-14,16,19H,3,15,17-18H2,1-2H3,(H,31,35)/t19-/m1/s1. The molecule has 0 saturated carbocycles. The predicted molar refractivity (Wildman–Crippen MR) is 147 cm³/mol. The number of sulfonamides is 1. The molecule has 0 aliphatic rings. The second-order valence-corrected chi connectivity index (χ2v) is 11.2. The molecule has 7 nitrogen and oxygen atoms in total. The first-order valence-corrected chi connectivity index (χ1v) is 14.1. The van der Waals surface area contributed by atoms with Gasteiger partial charge in [-0.1, -0.05) is 66.5 Å². The third kappa shape index (κ3) is 7.03. The van der Waals surface area contributed by atoms with Crippen molar-refractivity contribution in [1.29, 1.82) is 0 Å². The average Bonchev–Trinajstić information content (AvgIpc) is 2.90.